The first-order chi connectivity index (χ1) is 7.84. The maximum Gasteiger partial charge on any atom is 0.326 e. The Morgan fingerprint density at radius 3 is 2.53 bits per heavy atom. The molecule has 6 heteroatoms. The van der Waals surface area contributed by atoms with Gasteiger partial charge in [-0.1, -0.05) is 11.6 Å². The summed E-state index contributed by atoms with van der Waals surface area (Å²) in [4.78, 5) is 23.8. The summed E-state index contributed by atoms with van der Waals surface area (Å²) < 4.78 is 0. The second-order valence-electron chi connectivity index (χ2n) is 3.67. The number of hydrogen-bond acceptors (Lipinski definition) is 3. The van der Waals surface area contributed by atoms with Gasteiger partial charge < -0.3 is 15.7 Å². The molecule has 1 aromatic rings. The van der Waals surface area contributed by atoms with Gasteiger partial charge in [-0.2, -0.15) is 0 Å². The Labute approximate surface area is 104 Å². The molecule has 0 spiro atoms. The number of carboxylic acids is 1. The number of rotatable bonds is 3. The van der Waals surface area contributed by atoms with Crippen molar-refractivity contribution in [3.8, 4) is 0 Å². The van der Waals surface area contributed by atoms with Crippen molar-refractivity contribution in [2.75, 3.05) is 12.8 Å². The zero-order valence-corrected chi connectivity index (χ0v) is 10.2. The minimum atomic E-state index is -1.07. The maximum atomic E-state index is 11.9. The molecule has 0 aliphatic rings. The lowest BCUT2D eigenvalue weighted by atomic mass is 10.1. The fourth-order valence-corrected chi connectivity index (χ4v) is 1.39. The third kappa shape index (κ3) is 2.88. The van der Waals surface area contributed by atoms with Crippen LogP contribution in [-0.4, -0.2) is 35.0 Å². The summed E-state index contributed by atoms with van der Waals surface area (Å²) in [6, 6.07) is 3.53. The number of nitrogens with two attached hydrogens (primary N) is 1. The number of benzene rings is 1. The molecule has 1 rings (SSSR count). The number of carbonyl (C=O) groups is 2. The summed E-state index contributed by atoms with van der Waals surface area (Å²) >= 11 is 5.79. The molecule has 0 saturated carbocycles. The molecule has 1 atom stereocenters. The van der Waals surface area contributed by atoms with E-state index in [0.717, 1.165) is 4.90 Å². The van der Waals surface area contributed by atoms with Gasteiger partial charge in [0.15, 0.2) is 0 Å². The van der Waals surface area contributed by atoms with E-state index in [1.54, 1.807) is 0 Å². The van der Waals surface area contributed by atoms with Gasteiger partial charge in [0.2, 0.25) is 0 Å². The molecule has 0 fully saturated rings. The number of carbonyl (C=O) groups excluding carboxylic acids is 1. The summed E-state index contributed by atoms with van der Waals surface area (Å²) in [6.45, 7) is 1.43. The van der Waals surface area contributed by atoms with Crippen molar-refractivity contribution in [1.29, 1.82) is 0 Å². The van der Waals surface area contributed by atoms with Crippen molar-refractivity contribution in [3.63, 3.8) is 0 Å². The number of anilines is 1. The molecule has 0 radical (unpaired) electrons. The highest BCUT2D eigenvalue weighted by atomic mass is 35.5. The molecule has 1 amide bonds. The van der Waals surface area contributed by atoms with E-state index in [-0.39, 0.29) is 5.02 Å². The normalized spacial score (nSPS) is 11.9. The monoisotopic (exact) mass is 256 g/mol. The standard InChI is InChI=1S/C11H13ClN2O3/c1-6(11(16)17)14(2)10(15)7-3-4-9(13)8(12)5-7/h3-6H,13H2,1-2H3,(H,16,17). The van der Waals surface area contributed by atoms with Gasteiger partial charge >= 0.3 is 5.97 Å². The molecule has 0 aliphatic heterocycles. The van der Waals surface area contributed by atoms with E-state index in [4.69, 9.17) is 22.4 Å². The van der Waals surface area contributed by atoms with Crippen LogP contribution in [-0.2, 0) is 4.79 Å². The van der Waals surface area contributed by atoms with Gasteiger partial charge in [-0.15, -0.1) is 0 Å². The SMILES string of the molecule is CC(C(=O)O)N(C)C(=O)c1ccc(N)c(Cl)c1. The van der Waals surface area contributed by atoms with Crippen LogP contribution in [0.1, 0.15) is 17.3 Å². The zero-order valence-electron chi connectivity index (χ0n) is 9.48. The lowest BCUT2D eigenvalue weighted by molar-refractivity contribution is -0.141. The van der Waals surface area contributed by atoms with Crippen LogP contribution in [0.15, 0.2) is 18.2 Å². The van der Waals surface area contributed by atoms with E-state index < -0.39 is 17.9 Å². The lowest BCUT2D eigenvalue weighted by Gasteiger charge is -2.21. The largest absolute Gasteiger partial charge is 0.480 e. The summed E-state index contributed by atoms with van der Waals surface area (Å²) in [7, 11) is 1.42. The van der Waals surface area contributed by atoms with Crippen LogP contribution in [0.5, 0.6) is 0 Å². The third-order valence-electron chi connectivity index (χ3n) is 2.51. The highest BCUT2D eigenvalue weighted by Gasteiger charge is 2.22. The number of aliphatic carboxylic acids is 1. The number of amides is 1. The molecular formula is C11H13ClN2O3. The van der Waals surface area contributed by atoms with Crippen molar-refractivity contribution in [3.05, 3.63) is 28.8 Å². The average Bonchev–Trinajstić information content (AvgIpc) is 2.29. The van der Waals surface area contributed by atoms with Gasteiger partial charge in [0.25, 0.3) is 5.91 Å². The van der Waals surface area contributed by atoms with Crippen molar-refractivity contribution >= 4 is 29.2 Å². The number of hydrogen-bond donors (Lipinski definition) is 2. The Hall–Kier alpha value is -1.75. The van der Waals surface area contributed by atoms with Gasteiger partial charge in [-0.05, 0) is 25.1 Å². The molecule has 3 N–H and O–H groups in total. The van der Waals surface area contributed by atoms with Crippen LogP contribution in [0.3, 0.4) is 0 Å². The van der Waals surface area contributed by atoms with E-state index in [1.165, 1.54) is 32.2 Å². The number of halogens is 1. The lowest BCUT2D eigenvalue weighted by Crippen LogP contribution is -2.40. The minimum absolute atomic E-state index is 0.271. The van der Waals surface area contributed by atoms with Crippen LogP contribution in [0.4, 0.5) is 5.69 Å². The van der Waals surface area contributed by atoms with Gasteiger partial charge in [0, 0.05) is 12.6 Å². The van der Waals surface area contributed by atoms with Gasteiger partial charge in [0.05, 0.1) is 10.7 Å². The van der Waals surface area contributed by atoms with Crippen LogP contribution in [0.2, 0.25) is 5.02 Å². The minimum Gasteiger partial charge on any atom is -0.480 e. The third-order valence-corrected chi connectivity index (χ3v) is 2.83. The van der Waals surface area contributed by atoms with E-state index in [1.807, 2.05) is 0 Å². The molecule has 92 valence electrons. The topological polar surface area (TPSA) is 83.6 Å². The number of nitrogens with zero attached hydrogens (tertiary/aromatic N) is 1. The van der Waals surface area contributed by atoms with Crippen LogP contribution in [0.25, 0.3) is 0 Å². The molecule has 1 aromatic carbocycles. The van der Waals surface area contributed by atoms with Gasteiger partial charge in [-0.3, -0.25) is 4.79 Å². The fourth-order valence-electron chi connectivity index (χ4n) is 1.21. The number of carboxylic acid groups (broad SMARTS) is 1. The fraction of sp³-hybridized carbons (Fsp3) is 0.273. The Bertz CT molecular complexity index is 462. The number of likely N-dealkylation sites (N-methyl/N-ethyl adjacent to an activating group) is 1. The predicted octanol–water partition coefficient (Wildman–Crippen LogP) is 1.47. The van der Waals surface area contributed by atoms with E-state index in [9.17, 15) is 9.59 Å². The van der Waals surface area contributed by atoms with Crippen LogP contribution in [0, 0.1) is 0 Å². The summed E-state index contributed by atoms with van der Waals surface area (Å²) in [5, 5.41) is 9.08. The zero-order chi connectivity index (χ0) is 13.2. The molecule has 0 aliphatic carbocycles. The average molecular weight is 257 g/mol. The highest BCUT2D eigenvalue weighted by Crippen LogP contribution is 2.20. The van der Waals surface area contributed by atoms with E-state index in [2.05, 4.69) is 0 Å². The molecule has 0 heterocycles. The molecule has 0 saturated heterocycles. The smallest absolute Gasteiger partial charge is 0.326 e. The van der Waals surface area contributed by atoms with Crippen molar-refractivity contribution in [2.45, 2.75) is 13.0 Å². The highest BCUT2D eigenvalue weighted by molar-refractivity contribution is 6.33. The van der Waals surface area contributed by atoms with Crippen LogP contribution >= 0.6 is 11.6 Å². The van der Waals surface area contributed by atoms with Crippen molar-refractivity contribution in [1.82, 2.24) is 4.90 Å². The molecule has 5 nitrogen and oxygen atoms in total. The Balaban J connectivity index is 2.96. The quantitative estimate of drug-likeness (QED) is 0.802. The Kier molecular flexibility index (Phi) is 3.96. The predicted molar refractivity (Wildman–Crippen MR) is 65.1 cm³/mol. The molecule has 0 aromatic heterocycles. The summed E-state index contributed by atoms with van der Waals surface area (Å²) in [5.41, 5.74) is 6.20. The van der Waals surface area contributed by atoms with Crippen LogP contribution < -0.4 is 5.73 Å². The second kappa shape index (κ2) is 5.05. The summed E-state index contributed by atoms with van der Waals surface area (Å²) in [6.07, 6.45) is 0. The first-order valence-corrected chi connectivity index (χ1v) is 5.27. The van der Waals surface area contributed by atoms with E-state index >= 15 is 0 Å². The van der Waals surface area contributed by atoms with Crippen molar-refractivity contribution in [2.24, 2.45) is 0 Å². The van der Waals surface area contributed by atoms with Gasteiger partial charge in [0.1, 0.15) is 6.04 Å². The summed E-state index contributed by atoms with van der Waals surface area (Å²) in [5.74, 6) is -1.48. The number of nitrogen functional groups attached to an aromatic ring is 1. The van der Waals surface area contributed by atoms with Crippen molar-refractivity contribution < 1.29 is 14.7 Å². The maximum absolute atomic E-state index is 11.9. The van der Waals surface area contributed by atoms with E-state index in [0.29, 0.717) is 11.3 Å². The molecule has 17 heavy (non-hydrogen) atoms. The molecule has 0 bridgehead atoms. The molecular weight excluding hydrogens is 244 g/mol. The Morgan fingerprint density at radius 2 is 2.06 bits per heavy atom. The second-order valence-corrected chi connectivity index (χ2v) is 4.07. The van der Waals surface area contributed by atoms with Gasteiger partial charge in [-0.25, -0.2) is 4.79 Å². The first kappa shape index (κ1) is 13.3. The Morgan fingerprint density at radius 1 is 1.47 bits per heavy atom. The molecule has 1 unspecified atom stereocenters. The first-order valence-electron chi connectivity index (χ1n) is 4.89.